The number of anilines is 1. The first-order valence-electron chi connectivity index (χ1n) is 7.55. The highest BCUT2D eigenvalue weighted by atomic mass is 32.2. The first-order valence-corrected chi connectivity index (χ1v) is 9.03. The van der Waals surface area contributed by atoms with Crippen molar-refractivity contribution in [1.82, 2.24) is 4.72 Å². The molecule has 0 aromatic heterocycles. The molecule has 1 aliphatic heterocycles. The number of benzene rings is 1. The van der Waals surface area contributed by atoms with Gasteiger partial charge in [-0.2, -0.15) is 0 Å². The molecule has 0 unspecified atom stereocenters. The van der Waals surface area contributed by atoms with Crippen LogP contribution in [0.4, 0.5) is 5.69 Å². The van der Waals surface area contributed by atoms with Gasteiger partial charge in [0.2, 0.25) is 10.0 Å². The minimum absolute atomic E-state index is 0.0272. The fourth-order valence-corrected chi connectivity index (χ4v) is 4.39. The summed E-state index contributed by atoms with van der Waals surface area (Å²) in [5.74, 6) is 0.546. The Hall–Kier alpha value is -1.60. The second-order valence-electron chi connectivity index (χ2n) is 5.98. The zero-order valence-electron chi connectivity index (χ0n) is 12.5. The van der Waals surface area contributed by atoms with E-state index in [2.05, 4.69) is 17.0 Å². The monoisotopic (exact) mass is 324 g/mol. The lowest BCUT2D eigenvalue weighted by Crippen LogP contribution is -2.41. The number of ether oxygens (including phenoxy) is 1. The molecule has 3 rings (SSSR count). The van der Waals surface area contributed by atoms with E-state index in [0.717, 1.165) is 25.7 Å². The van der Waals surface area contributed by atoms with Gasteiger partial charge < -0.3 is 10.1 Å². The Bertz CT molecular complexity index is 687. The van der Waals surface area contributed by atoms with Crippen molar-refractivity contribution in [1.29, 1.82) is 0 Å². The molecule has 1 fully saturated rings. The Morgan fingerprint density at radius 3 is 2.82 bits per heavy atom. The molecule has 1 saturated carbocycles. The number of carbonyl (C=O) groups is 1. The van der Waals surface area contributed by atoms with E-state index in [-0.39, 0.29) is 23.5 Å². The van der Waals surface area contributed by atoms with Gasteiger partial charge in [0.05, 0.1) is 10.6 Å². The summed E-state index contributed by atoms with van der Waals surface area (Å²) in [6, 6.07) is 4.50. The van der Waals surface area contributed by atoms with E-state index in [1.807, 2.05) is 0 Å². The van der Waals surface area contributed by atoms with Crippen LogP contribution in [0.25, 0.3) is 0 Å². The van der Waals surface area contributed by atoms with Crippen LogP contribution >= 0.6 is 0 Å². The Labute approximate surface area is 130 Å². The van der Waals surface area contributed by atoms with Gasteiger partial charge in [-0.05, 0) is 37.0 Å². The molecule has 1 heterocycles. The molecule has 7 heteroatoms. The maximum atomic E-state index is 12.5. The molecule has 1 aromatic carbocycles. The molecule has 0 bridgehead atoms. The Morgan fingerprint density at radius 1 is 1.27 bits per heavy atom. The second kappa shape index (κ2) is 5.89. The predicted octanol–water partition coefficient (Wildman–Crippen LogP) is 1.87. The van der Waals surface area contributed by atoms with Gasteiger partial charge in [0.25, 0.3) is 5.91 Å². The highest BCUT2D eigenvalue weighted by Crippen LogP contribution is 2.31. The lowest BCUT2D eigenvalue weighted by atomic mass is 9.87. The summed E-state index contributed by atoms with van der Waals surface area (Å²) in [6.45, 7) is 2.03. The average molecular weight is 324 g/mol. The highest BCUT2D eigenvalue weighted by Gasteiger charge is 2.27. The van der Waals surface area contributed by atoms with Crippen LogP contribution in [0.3, 0.4) is 0 Å². The van der Waals surface area contributed by atoms with Crippen molar-refractivity contribution in [3.8, 4) is 5.75 Å². The summed E-state index contributed by atoms with van der Waals surface area (Å²) in [6.07, 6.45) is 4.11. The van der Waals surface area contributed by atoms with E-state index < -0.39 is 10.0 Å². The second-order valence-corrected chi connectivity index (χ2v) is 7.70. The number of carbonyl (C=O) groups excluding carboxylic acids is 1. The Balaban J connectivity index is 1.83. The maximum Gasteiger partial charge on any atom is 0.262 e. The zero-order chi connectivity index (χ0) is 15.7. The minimum atomic E-state index is -3.60. The third-order valence-corrected chi connectivity index (χ3v) is 5.80. The van der Waals surface area contributed by atoms with Gasteiger partial charge in [-0.15, -0.1) is 0 Å². The topological polar surface area (TPSA) is 84.5 Å². The number of hydrogen-bond donors (Lipinski definition) is 2. The van der Waals surface area contributed by atoms with Crippen LogP contribution in [-0.2, 0) is 14.8 Å². The van der Waals surface area contributed by atoms with E-state index in [1.165, 1.54) is 12.1 Å². The molecule has 22 heavy (non-hydrogen) atoms. The van der Waals surface area contributed by atoms with E-state index in [9.17, 15) is 13.2 Å². The molecule has 0 radical (unpaired) electrons. The molecule has 2 aliphatic rings. The number of rotatable bonds is 3. The van der Waals surface area contributed by atoms with Crippen LogP contribution < -0.4 is 14.8 Å². The van der Waals surface area contributed by atoms with Crippen molar-refractivity contribution in [2.45, 2.75) is 43.5 Å². The summed E-state index contributed by atoms with van der Waals surface area (Å²) >= 11 is 0. The maximum absolute atomic E-state index is 12.5. The summed E-state index contributed by atoms with van der Waals surface area (Å²) in [4.78, 5) is 11.5. The van der Waals surface area contributed by atoms with Gasteiger partial charge in [-0.3, -0.25) is 4.79 Å². The van der Waals surface area contributed by atoms with E-state index in [1.54, 1.807) is 6.07 Å². The first kappa shape index (κ1) is 15.3. The smallest absolute Gasteiger partial charge is 0.262 e. The van der Waals surface area contributed by atoms with Crippen molar-refractivity contribution < 1.29 is 17.9 Å². The standard InChI is InChI=1S/C15H20N2O4S/c1-10-4-2-3-5-12(10)17-22(19,20)11-6-7-14-13(8-11)16-15(18)9-21-14/h6-8,10,12,17H,2-5,9H2,1H3,(H,16,18)/t10-,12+/m1/s1. The van der Waals surface area contributed by atoms with Gasteiger partial charge in [0.15, 0.2) is 6.61 Å². The quantitative estimate of drug-likeness (QED) is 0.889. The van der Waals surface area contributed by atoms with Crippen molar-refractivity contribution in [2.75, 3.05) is 11.9 Å². The molecule has 0 saturated heterocycles. The molecule has 1 aromatic rings. The SMILES string of the molecule is C[C@@H]1CCCC[C@@H]1NS(=O)(=O)c1ccc2c(c1)NC(=O)CO2. The van der Waals surface area contributed by atoms with Gasteiger partial charge >= 0.3 is 0 Å². The third-order valence-electron chi connectivity index (χ3n) is 4.31. The van der Waals surface area contributed by atoms with Gasteiger partial charge in [-0.25, -0.2) is 13.1 Å². The van der Waals surface area contributed by atoms with E-state index in [0.29, 0.717) is 17.4 Å². The average Bonchev–Trinajstić information content (AvgIpc) is 2.48. The fourth-order valence-electron chi connectivity index (χ4n) is 2.99. The number of nitrogens with one attached hydrogen (secondary N) is 2. The van der Waals surface area contributed by atoms with Gasteiger partial charge in [0.1, 0.15) is 5.75 Å². The number of hydrogen-bond acceptors (Lipinski definition) is 4. The van der Waals surface area contributed by atoms with Crippen LogP contribution in [0.2, 0.25) is 0 Å². The van der Waals surface area contributed by atoms with Crippen LogP contribution in [0, 0.1) is 5.92 Å². The molecule has 1 aliphatic carbocycles. The van der Waals surface area contributed by atoms with Gasteiger partial charge in [-0.1, -0.05) is 19.8 Å². The van der Waals surface area contributed by atoms with Crippen LogP contribution in [0.5, 0.6) is 5.75 Å². The Morgan fingerprint density at radius 2 is 2.05 bits per heavy atom. The minimum Gasteiger partial charge on any atom is -0.482 e. The lowest BCUT2D eigenvalue weighted by molar-refractivity contribution is -0.118. The molecule has 2 atom stereocenters. The van der Waals surface area contributed by atoms with Gasteiger partial charge in [0, 0.05) is 6.04 Å². The molecule has 1 amide bonds. The molecule has 120 valence electrons. The molecule has 6 nitrogen and oxygen atoms in total. The molecule has 0 spiro atoms. The fraction of sp³-hybridized carbons (Fsp3) is 0.533. The summed E-state index contributed by atoms with van der Waals surface area (Å²) in [5, 5.41) is 2.63. The van der Waals surface area contributed by atoms with Crippen molar-refractivity contribution in [2.24, 2.45) is 5.92 Å². The molecular formula is C15H20N2O4S. The number of fused-ring (bicyclic) bond motifs is 1. The summed E-state index contributed by atoms with van der Waals surface area (Å²) in [5.41, 5.74) is 0.399. The normalized spacial score (nSPS) is 25.0. The number of sulfonamides is 1. The summed E-state index contributed by atoms with van der Waals surface area (Å²) in [7, 11) is -3.60. The highest BCUT2D eigenvalue weighted by molar-refractivity contribution is 7.89. The van der Waals surface area contributed by atoms with Crippen LogP contribution in [0.1, 0.15) is 32.6 Å². The third kappa shape index (κ3) is 3.10. The van der Waals surface area contributed by atoms with Crippen molar-refractivity contribution >= 4 is 21.6 Å². The molecule has 2 N–H and O–H groups in total. The largest absolute Gasteiger partial charge is 0.482 e. The lowest BCUT2D eigenvalue weighted by Gasteiger charge is -2.29. The first-order chi connectivity index (χ1) is 10.5. The van der Waals surface area contributed by atoms with Crippen molar-refractivity contribution in [3.63, 3.8) is 0 Å². The Kier molecular flexibility index (Phi) is 4.10. The zero-order valence-corrected chi connectivity index (χ0v) is 13.3. The van der Waals surface area contributed by atoms with Crippen molar-refractivity contribution in [3.05, 3.63) is 18.2 Å². The summed E-state index contributed by atoms with van der Waals surface area (Å²) < 4.78 is 33.1. The molecular weight excluding hydrogens is 304 g/mol. The van der Waals surface area contributed by atoms with E-state index in [4.69, 9.17) is 4.74 Å². The van der Waals surface area contributed by atoms with Crippen LogP contribution in [-0.4, -0.2) is 27.0 Å². The number of amides is 1. The van der Waals surface area contributed by atoms with Crippen LogP contribution in [0.15, 0.2) is 23.1 Å². The predicted molar refractivity (Wildman–Crippen MR) is 82.3 cm³/mol. The van der Waals surface area contributed by atoms with E-state index >= 15 is 0 Å².